The van der Waals surface area contributed by atoms with Crippen LogP contribution in [-0.2, 0) is 9.84 Å². The fourth-order valence-corrected chi connectivity index (χ4v) is 3.38. The van der Waals surface area contributed by atoms with Crippen LogP contribution in [0.5, 0.6) is 5.75 Å². The van der Waals surface area contributed by atoms with Crippen molar-refractivity contribution in [2.24, 2.45) is 10.2 Å². The summed E-state index contributed by atoms with van der Waals surface area (Å²) in [5, 5.41) is 18.8. The van der Waals surface area contributed by atoms with E-state index in [4.69, 9.17) is 11.6 Å². The molecular weight excluding hydrogens is 358 g/mol. The molecule has 0 aliphatic carbocycles. The van der Waals surface area contributed by atoms with E-state index in [-0.39, 0.29) is 15.7 Å². The first-order chi connectivity index (χ1) is 10.8. The summed E-state index contributed by atoms with van der Waals surface area (Å²) >= 11 is 6.93. The molecule has 6 nitrogen and oxygen atoms in total. The number of sulfone groups is 1. The maximum absolute atomic E-state index is 11.6. The van der Waals surface area contributed by atoms with Crippen LogP contribution in [-0.4, -0.2) is 24.2 Å². The minimum Gasteiger partial charge on any atom is -0.506 e. The van der Waals surface area contributed by atoms with Crippen molar-refractivity contribution in [3.05, 3.63) is 41.4 Å². The Bertz CT molecular complexity index is 1030. The Balaban J connectivity index is 2.02. The molecule has 0 aliphatic heterocycles. The summed E-state index contributed by atoms with van der Waals surface area (Å²) in [5.74, 6) is -0.0355. The van der Waals surface area contributed by atoms with Gasteiger partial charge in [0.05, 0.1) is 21.1 Å². The van der Waals surface area contributed by atoms with E-state index in [0.717, 1.165) is 17.8 Å². The van der Waals surface area contributed by atoms with E-state index in [0.29, 0.717) is 21.6 Å². The molecule has 118 valence electrons. The molecule has 0 spiro atoms. The number of aromatic nitrogens is 1. The molecule has 0 amide bonds. The lowest BCUT2D eigenvalue weighted by atomic mass is 10.2. The van der Waals surface area contributed by atoms with Crippen LogP contribution in [0.25, 0.3) is 10.9 Å². The van der Waals surface area contributed by atoms with Crippen molar-refractivity contribution >= 4 is 54.6 Å². The lowest BCUT2D eigenvalue weighted by Gasteiger charge is -1.98. The van der Waals surface area contributed by atoms with Gasteiger partial charge in [0, 0.05) is 11.6 Å². The zero-order chi connectivity index (χ0) is 16.6. The molecule has 0 saturated heterocycles. The SMILES string of the molecule is CS(=O)(=O)c1ccc2nsc(N=Nc3ccc(O)c(Cl)c3)c2c1. The largest absolute Gasteiger partial charge is 0.506 e. The quantitative estimate of drug-likeness (QED) is 0.691. The van der Waals surface area contributed by atoms with Crippen molar-refractivity contribution in [3.8, 4) is 5.75 Å². The van der Waals surface area contributed by atoms with Crippen molar-refractivity contribution in [1.82, 2.24) is 4.37 Å². The summed E-state index contributed by atoms with van der Waals surface area (Å²) < 4.78 is 27.5. The molecule has 0 atom stereocenters. The van der Waals surface area contributed by atoms with Gasteiger partial charge < -0.3 is 5.11 Å². The Morgan fingerprint density at radius 2 is 1.96 bits per heavy atom. The van der Waals surface area contributed by atoms with E-state index in [1.807, 2.05) is 0 Å². The first-order valence-corrected chi connectivity index (χ1v) is 9.38. The Labute approximate surface area is 141 Å². The highest BCUT2D eigenvalue weighted by Gasteiger charge is 2.12. The molecule has 9 heteroatoms. The van der Waals surface area contributed by atoms with Gasteiger partial charge in [-0.25, -0.2) is 8.42 Å². The van der Waals surface area contributed by atoms with Crippen LogP contribution >= 0.6 is 23.1 Å². The van der Waals surface area contributed by atoms with Crippen molar-refractivity contribution in [2.45, 2.75) is 4.90 Å². The molecule has 0 radical (unpaired) electrons. The summed E-state index contributed by atoms with van der Waals surface area (Å²) in [6.07, 6.45) is 1.15. The van der Waals surface area contributed by atoms with E-state index in [1.54, 1.807) is 12.1 Å². The van der Waals surface area contributed by atoms with Crippen molar-refractivity contribution in [1.29, 1.82) is 0 Å². The van der Waals surface area contributed by atoms with Crippen LogP contribution in [0.2, 0.25) is 5.02 Å². The van der Waals surface area contributed by atoms with Gasteiger partial charge in [-0.1, -0.05) is 11.6 Å². The second kappa shape index (κ2) is 5.88. The zero-order valence-corrected chi connectivity index (χ0v) is 14.2. The Kier molecular flexibility index (Phi) is 4.05. The summed E-state index contributed by atoms with van der Waals surface area (Å²) in [6.45, 7) is 0. The maximum atomic E-state index is 11.6. The lowest BCUT2D eigenvalue weighted by molar-refractivity contribution is 0.475. The smallest absolute Gasteiger partial charge is 0.175 e. The third-order valence-electron chi connectivity index (χ3n) is 3.04. The Morgan fingerprint density at radius 1 is 1.17 bits per heavy atom. The van der Waals surface area contributed by atoms with E-state index >= 15 is 0 Å². The van der Waals surface area contributed by atoms with Gasteiger partial charge in [-0.15, -0.1) is 10.2 Å². The molecule has 0 unspecified atom stereocenters. The molecule has 1 N–H and O–H groups in total. The first kappa shape index (κ1) is 15.9. The number of hydrogen-bond donors (Lipinski definition) is 1. The van der Waals surface area contributed by atoms with Crippen LogP contribution < -0.4 is 0 Å². The third kappa shape index (κ3) is 3.34. The van der Waals surface area contributed by atoms with Gasteiger partial charge in [0.25, 0.3) is 0 Å². The van der Waals surface area contributed by atoms with E-state index < -0.39 is 9.84 Å². The Hall–Kier alpha value is -2.03. The predicted octanol–water partition coefficient (Wildman–Crippen LogP) is 4.47. The molecule has 0 fully saturated rings. The van der Waals surface area contributed by atoms with Crippen molar-refractivity contribution in [3.63, 3.8) is 0 Å². The normalized spacial score (nSPS) is 12.3. The van der Waals surface area contributed by atoms with Gasteiger partial charge in [0.15, 0.2) is 14.8 Å². The number of azo groups is 1. The molecule has 1 heterocycles. The molecular formula is C14H10ClN3O3S2. The van der Waals surface area contributed by atoms with Crippen LogP contribution in [0.1, 0.15) is 0 Å². The molecule has 2 aromatic carbocycles. The van der Waals surface area contributed by atoms with E-state index in [1.165, 1.54) is 24.3 Å². The van der Waals surface area contributed by atoms with Gasteiger partial charge in [-0.05, 0) is 47.9 Å². The zero-order valence-electron chi connectivity index (χ0n) is 11.8. The molecule has 3 aromatic rings. The van der Waals surface area contributed by atoms with Gasteiger partial charge in [-0.3, -0.25) is 0 Å². The average molecular weight is 368 g/mol. The topological polar surface area (TPSA) is 92.0 Å². The van der Waals surface area contributed by atoms with Crippen LogP contribution in [0.15, 0.2) is 51.5 Å². The third-order valence-corrected chi connectivity index (χ3v) is 5.22. The maximum Gasteiger partial charge on any atom is 0.175 e. The number of nitrogens with zero attached hydrogens (tertiary/aromatic N) is 3. The fourth-order valence-electron chi connectivity index (χ4n) is 1.87. The minimum absolute atomic E-state index is 0.0355. The standard InChI is InChI=1S/C14H10ClN3O3S2/c1-23(20,21)9-3-4-12-10(7-9)14(22-18-12)17-16-8-2-5-13(19)11(15)6-8/h2-7,19H,1H3. The van der Waals surface area contributed by atoms with Gasteiger partial charge in [-0.2, -0.15) is 4.37 Å². The van der Waals surface area contributed by atoms with Crippen LogP contribution in [0.4, 0.5) is 10.7 Å². The van der Waals surface area contributed by atoms with E-state index in [2.05, 4.69) is 14.6 Å². The van der Waals surface area contributed by atoms with Crippen molar-refractivity contribution in [2.75, 3.05) is 6.26 Å². The molecule has 1 aromatic heterocycles. The minimum atomic E-state index is -3.31. The second-order valence-corrected chi connectivity index (χ2v) is 7.95. The highest BCUT2D eigenvalue weighted by Crippen LogP contribution is 2.34. The number of hydrogen-bond acceptors (Lipinski definition) is 7. The fraction of sp³-hybridized carbons (Fsp3) is 0.0714. The number of halogens is 1. The number of phenols is 1. The molecule has 0 bridgehead atoms. The van der Waals surface area contributed by atoms with Gasteiger partial charge in [0.2, 0.25) is 0 Å². The number of fused-ring (bicyclic) bond motifs is 1. The number of aromatic hydroxyl groups is 1. The lowest BCUT2D eigenvalue weighted by Crippen LogP contribution is -1.95. The first-order valence-electron chi connectivity index (χ1n) is 6.34. The summed E-state index contributed by atoms with van der Waals surface area (Å²) in [4.78, 5) is 0.203. The number of phenolic OH excluding ortho intramolecular Hbond substituents is 1. The summed E-state index contributed by atoms with van der Waals surface area (Å²) in [5.41, 5.74) is 1.12. The van der Waals surface area contributed by atoms with Crippen molar-refractivity contribution < 1.29 is 13.5 Å². The molecule has 3 rings (SSSR count). The molecule has 0 aliphatic rings. The van der Waals surface area contributed by atoms with Crippen LogP contribution in [0, 0.1) is 0 Å². The monoisotopic (exact) mass is 367 g/mol. The highest BCUT2D eigenvalue weighted by molar-refractivity contribution is 7.90. The molecule has 23 heavy (non-hydrogen) atoms. The summed E-state index contributed by atoms with van der Waals surface area (Å²) in [6, 6.07) is 9.15. The van der Waals surface area contributed by atoms with E-state index in [9.17, 15) is 13.5 Å². The summed E-state index contributed by atoms with van der Waals surface area (Å²) in [7, 11) is -3.31. The van der Waals surface area contributed by atoms with Gasteiger partial charge >= 0.3 is 0 Å². The van der Waals surface area contributed by atoms with Gasteiger partial charge in [0.1, 0.15) is 5.75 Å². The highest BCUT2D eigenvalue weighted by atomic mass is 35.5. The van der Waals surface area contributed by atoms with Crippen LogP contribution in [0.3, 0.4) is 0 Å². The average Bonchev–Trinajstić information content (AvgIpc) is 2.90. The number of rotatable bonds is 3. The number of benzene rings is 2. The Morgan fingerprint density at radius 3 is 2.65 bits per heavy atom. The molecule has 0 saturated carbocycles. The predicted molar refractivity (Wildman–Crippen MR) is 90.0 cm³/mol. The second-order valence-electron chi connectivity index (χ2n) is 4.77.